The Hall–Kier alpha value is -6.10. The molecular formula is C69H122N8O15. The van der Waals surface area contributed by atoms with Gasteiger partial charge in [0.15, 0.2) is 11.6 Å². The normalized spacial score (nSPS) is 16.0. The number of hydrogen-bond donors (Lipinski definition) is 2. The minimum Gasteiger partial charge on any atom is -0.462 e. The van der Waals surface area contributed by atoms with E-state index >= 15 is 9.59 Å². The Kier molecular flexibility index (Phi) is 39.5. The van der Waals surface area contributed by atoms with Crippen LogP contribution >= 0.6 is 0 Å². The average Bonchev–Trinajstić information content (AvgIpc) is 0.829. The Labute approximate surface area is 552 Å². The van der Waals surface area contributed by atoms with Crippen LogP contribution < -0.4 is 10.6 Å². The van der Waals surface area contributed by atoms with E-state index in [0.717, 1.165) is 4.90 Å². The maximum Gasteiger partial charge on any atom is 0.328 e. The molecule has 0 aliphatic carbocycles. The van der Waals surface area contributed by atoms with Crippen LogP contribution in [0.3, 0.4) is 0 Å². The van der Waals surface area contributed by atoms with Crippen molar-refractivity contribution in [1.29, 1.82) is 0 Å². The van der Waals surface area contributed by atoms with Gasteiger partial charge in [0.1, 0.15) is 48.7 Å². The topological polar surface area (TPSA) is 276 Å². The quantitative estimate of drug-likeness (QED) is 0.0469. The summed E-state index contributed by atoms with van der Waals surface area (Å²) in [5, 5.41) is 5.83. The zero-order chi connectivity index (χ0) is 71.3. The molecule has 7 amide bonds. The number of carbonyl (C=O) groups is 12. The molecule has 0 aromatic carbocycles. The van der Waals surface area contributed by atoms with Crippen LogP contribution in [0.4, 0.5) is 0 Å². The number of rotatable bonds is 44. The number of nitrogens with one attached hydrogen (secondary N) is 2. The number of nitrogens with zero attached hydrogens (tertiary/aromatic N) is 6. The van der Waals surface area contributed by atoms with Crippen molar-refractivity contribution in [2.24, 2.45) is 53.3 Å². The zero-order valence-corrected chi connectivity index (χ0v) is 61.0. The second-order valence-corrected chi connectivity index (χ2v) is 27.1. The molecule has 0 unspecified atom stereocenters. The maximum atomic E-state index is 15.2. The molecule has 0 heterocycles. The van der Waals surface area contributed by atoms with E-state index in [-0.39, 0.29) is 105 Å². The summed E-state index contributed by atoms with van der Waals surface area (Å²) in [4.78, 5) is 177. The number of hydrogen-bond acceptors (Lipinski definition) is 16. The van der Waals surface area contributed by atoms with Gasteiger partial charge in [-0.3, -0.25) is 52.7 Å². The summed E-state index contributed by atoms with van der Waals surface area (Å²) in [5.41, 5.74) is 0. The molecule has 2 N–H and O–H groups in total. The number of likely N-dealkylation sites (N-methyl/N-ethyl adjacent to an activating group) is 7. The number of esters is 2. The van der Waals surface area contributed by atoms with Gasteiger partial charge in [0.05, 0.1) is 18.6 Å². The highest BCUT2D eigenvalue weighted by Gasteiger charge is 2.46. The van der Waals surface area contributed by atoms with E-state index < -0.39 is 119 Å². The van der Waals surface area contributed by atoms with Crippen LogP contribution in [0.25, 0.3) is 0 Å². The van der Waals surface area contributed by atoms with Crippen LogP contribution in [0.15, 0.2) is 12.2 Å². The van der Waals surface area contributed by atoms with Crippen molar-refractivity contribution in [2.75, 3.05) is 76.2 Å². The second kappa shape index (κ2) is 42.3. The van der Waals surface area contributed by atoms with Gasteiger partial charge in [-0.25, -0.2) is 4.79 Å². The Morgan fingerprint density at radius 1 is 0.543 bits per heavy atom. The molecule has 0 bridgehead atoms. The third kappa shape index (κ3) is 26.7. The molecule has 0 saturated heterocycles. The van der Waals surface area contributed by atoms with E-state index in [1.165, 1.54) is 66.5 Å². The zero-order valence-electron chi connectivity index (χ0n) is 61.0. The fraction of sp³-hybridized carbons (Fsp3) is 0.797. The molecule has 0 saturated carbocycles. The summed E-state index contributed by atoms with van der Waals surface area (Å²) in [7, 11) is 12.2. The van der Waals surface area contributed by atoms with Gasteiger partial charge in [-0.05, 0) is 88.0 Å². The molecule has 0 aromatic heterocycles. The largest absolute Gasteiger partial charge is 0.462 e. The number of amides is 7. The Morgan fingerprint density at radius 3 is 1.54 bits per heavy atom. The van der Waals surface area contributed by atoms with Crippen LogP contribution in [0, 0.1) is 53.3 Å². The Morgan fingerprint density at radius 2 is 1.07 bits per heavy atom. The van der Waals surface area contributed by atoms with Gasteiger partial charge in [-0.2, -0.15) is 0 Å². The van der Waals surface area contributed by atoms with Crippen LogP contribution in [-0.4, -0.2) is 225 Å². The first-order chi connectivity index (χ1) is 42.8. The van der Waals surface area contributed by atoms with Crippen molar-refractivity contribution in [2.45, 2.75) is 230 Å². The summed E-state index contributed by atoms with van der Waals surface area (Å²) in [6.07, 6.45) is 4.07. The second-order valence-electron chi connectivity index (χ2n) is 27.1. The first kappa shape index (κ1) is 85.9. The molecule has 0 radical (unpaired) electrons. The third-order valence-electron chi connectivity index (χ3n) is 17.7. The number of Topliss-reactive ketones (excluding diaryl/α,β-unsaturated/α-hetero) is 3. The predicted molar refractivity (Wildman–Crippen MR) is 356 cm³/mol. The van der Waals surface area contributed by atoms with Crippen molar-refractivity contribution < 1.29 is 71.7 Å². The van der Waals surface area contributed by atoms with E-state index in [1.54, 1.807) is 82.8 Å². The molecule has 0 aliphatic heterocycles. The summed E-state index contributed by atoms with van der Waals surface area (Å²) >= 11 is 0. The highest BCUT2D eigenvalue weighted by atomic mass is 16.5. The molecule has 0 aromatic rings. The minimum atomic E-state index is -1.54. The molecule has 0 rings (SSSR count). The summed E-state index contributed by atoms with van der Waals surface area (Å²) < 4.78 is 16.5. The van der Waals surface area contributed by atoms with E-state index in [9.17, 15) is 47.9 Å². The van der Waals surface area contributed by atoms with Gasteiger partial charge in [-0.15, -0.1) is 0 Å². The van der Waals surface area contributed by atoms with Crippen LogP contribution in [-0.2, 0) is 71.7 Å². The number of allylic oxidation sites excluding steroid dienone is 2. The van der Waals surface area contributed by atoms with Crippen molar-refractivity contribution >= 4 is 70.6 Å². The lowest BCUT2D eigenvalue weighted by atomic mass is 9.83. The highest BCUT2D eigenvalue weighted by molar-refractivity contribution is 5.98. The molecule has 92 heavy (non-hydrogen) atoms. The average molecular weight is 1300 g/mol. The molecule has 0 spiro atoms. The monoisotopic (exact) mass is 1300 g/mol. The molecular weight excluding hydrogens is 1180 g/mol. The maximum absolute atomic E-state index is 15.2. The standard InChI is InChI=1S/C69H122N8O15/c1-26-29-31-46(13)62(92-50(17)79)61(63(83)71-52(28-3)69(89)91-35-33-72(19)49(16)78)77(24)68(88)60(44(10)11)76(23)67(87)55(37-42(6)7)75(22)66(86)53(30-27-2)73(20)64(84)48(15)39-56(80)47(14)38-57(81)54(36-41(4)5)74(21)65(85)51(43(8)9)40-58(82)59(70-18)45(12)32-34-90-25/h26,29,41-48,51-55,59-62,70H,27-28,30-40H2,1-25H3,(H,71,83)/b29-26+/t45-,46-,47-,48+,51+,52+,53+,54+,55+,59+,60+,61+,62-/m1/s1. The summed E-state index contributed by atoms with van der Waals surface area (Å²) in [5.74, 6) is -10.1. The lowest BCUT2D eigenvalue weighted by molar-refractivity contribution is -0.164. The minimum absolute atomic E-state index is 0.00310. The van der Waals surface area contributed by atoms with Crippen molar-refractivity contribution in [3.63, 3.8) is 0 Å². The van der Waals surface area contributed by atoms with Crippen molar-refractivity contribution in [3.05, 3.63) is 12.2 Å². The van der Waals surface area contributed by atoms with Crippen LogP contribution in [0.5, 0.6) is 0 Å². The Bertz CT molecular complexity index is 2450. The Balaban J connectivity index is 7.03. The van der Waals surface area contributed by atoms with E-state index in [4.69, 9.17) is 14.2 Å². The molecule has 528 valence electrons. The van der Waals surface area contributed by atoms with Gasteiger partial charge in [0.2, 0.25) is 41.4 Å². The fourth-order valence-corrected chi connectivity index (χ4v) is 11.7. The fourth-order valence-electron chi connectivity index (χ4n) is 11.7. The van der Waals surface area contributed by atoms with E-state index in [0.29, 0.717) is 32.3 Å². The lowest BCUT2D eigenvalue weighted by Gasteiger charge is -2.42. The van der Waals surface area contributed by atoms with Gasteiger partial charge in [-0.1, -0.05) is 116 Å². The van der Waals surface area contributed by atoms with Gasteiger partial charge >= 0.3 is 11.9 Å². The molecule has 23 nitrogen and oxygen atoms in total. The number of ether oxygens (including phenoxy) is 3. The predicted octanol–water partition coefficient (Wildman–Crippen LogP) is 6.80. The molecule has 23 heteroatoms. The summed E-state index contributed by atoms with van der Waals surface area (Å²) in [6.45, 7) is 30.1. The highest BCUT2D eigenvalue weighted by Crippen LogP contribution is 2.29. The number of ketones is 3. The molecule has 0 aliphatic rings. The molecule has 13 atom stereocenters. The summed E-state index contributed by atoms with van der Waals surface area (Å²) in [6, 6.07) is -7.61. The number of methoxy groups -OCH3 is 1. The number of carbonyl (C=O) groups excluding carboxylic acids is 12. The van der Waals surface area contributed by atoms with Gasteiger partial charge < -0.3 is 54.2 Å². The molecule has 0 fully saturated rings. The third-order valence-corrected chi connectivity index (χ3v) is 17.7. The SMILES string of the molecule is C/C=C/C[C@@H](C)[C@@H](OC(C)=O)[C@@H](C(=O)N[C@@H](CC)C(=O)OCCN(C)C(C)=O)N(C)C(=O)[C@H](C(C)C)N(C)C(=O)[C@H](CC(C)C)N(C)C(=O)[C@H](CCC)N(C)C(=O)[C@@H](C)CC(=O)[C@H](C)CC(=O)[C@H](CC(C)C)N(C)C(=O)[C@@H](CC(=O)[C@@H](NC)[C@H](C)CCOC)C(C)C. The van der Waals surface area contributed by atoms with Crippen LogP contribution in [0.2, 0.25) is 0 Å². The first-order valence-corrected chi connectivity index (χ1v) is 33.3. The van der Waals surface area contributed by atoms with Crippen LogP contribution in [0.1, 0.15) is 182 Å². The van der Waals surface area contributed by atoms with E-state index in [2.05, 4.69) is 10.6 Å². The smallest absolute Gasteiger partial charge is 0.328 e. The van der Waals surface area contributed by atoms with Crippen molar-refractivity contribution in [1.82, 2.24) is 40.0 Å². The first-order valence-electron chi connectivity index (χ1n) is 33.3. The van der Waals surface area contributed by atoms with Gasteiger partial charge in [0, 0.05) is 107 Å². The van der Waals surface area contributed by atoms with Crippen molar-refractivity contribution in [3.8, 4) is 0 Å². The van der Waals surface area contributed by atoms with Gasteiger partial charge in [0.25, 0.3) is 0 Å². The lowest BCUT2D eigenvalue weighted by Crippen LogP contribution is -2.63. The van der Waals surface area contributed by atoms with E-state index in [1.807, 2.05) is 61.5 Å².